The Bertz CT molecular complexity index is 554. The van der Waals surface area contributed by atoms with Crippen LogP contribution in [0.5, 0.6) is 0 Å². The first-order chi connectivity index (χ1) is 7.72. The zero-order valence-electron chi connectivity index (χ0n) is 8.37. The molecular weight excluding hydrogens is 289 g/mol. The Kier molecular flexibility index (Phi) is 2.48. The van der Waals surface area contributed by atoms with Gasteiger partial charge in [0.05, 0.1) is 11.0 Å². The van der Waals surface area contributed by atoms with Crippen LogP contribution < -0.4 is 5.32 Å². The molecule has 16 heavy (non-hydrogen) atoms. The zero-order chi connectivity index (χ0) is 11.1. The molecule has 1 fully saturated rings. The predicted molar refractivity (Wildman–Crippen MR) is 68.9 cm³/mol. The number of aromatic nitrogens is 2. The summed E-state index contributed by atoms with van der Waals surface area (Å²) in [6, 6.07) is 6.32. The molecule has 0 radical (unpaired) electrons. The fraction of sp³-hybridized carbons (Fsp3) is 0.273. The van der Waals surface area contributed by atoms with Crippen molar-refractivity contribution in [2.45, 2.75) is 18.9 Å². The highest BCUT2D eigenvalue weighted by molar-refractivity contribution is 9.10. The summed E-state index contributed by atoms with van der Waals surface area (Å²) in [5.74, 6) is 0.694. The van der Waals surface area contributed by atoms with Crippen molar-refractivity contribution in [2.24, 2.45) is 0 Å². The SMILES string of the molecule is Clc1nc2cc(Br)ccc2nc1NC1CC1. The number of hydrogen-bond donors (Lipinski definition) is 1. The highest BCUT2D eigenvalue weighted by Gasteiger charge is 2.22. The van der Waals surface area contributed by atoms with E-state index < -0.39 is 0 Å². The first-order valence-corrected chi connectivity index (χ1v) is 6.29. The summed E-state index contributed by atoms with van der Waals surface area (Å²) in [7, 11) is 0. The number of hydrogen-bond acceptors (Lipinski definition) is 3. The molecule has 3 nitrogen and oxygen atoms in total. The van der Waals surface area contributed by atoms with Gasteiger partial charge in [0.25, 0.3) is 0 Å². The molecule has 2 aromatic rings. The van der Waals surface area contributed by atoms with Gasteiger partial charge in [0, 0.05) is 10.5 Å². The number of halogens is 2. The molecule has 1 saturated carbocycles. The molecule has 0 unspecified atom stereocenters. The summed E-state index contributed by atoms with van der Waals surface area (Å²) in [5.41, 5.74) is 1.66. The van der Waals surface area contributed by atoms with Gasteiger partial charge in [-0.05, 0) is 31.0 Å². The number of nitrogens with one attached hydrogen (secondary N) is 1. The van der Waals surface area contributed by atoms with Crippen LogP contribution in [0.2, 0.25) is 5.15 Å². The Balaban J connectivity index is 2.09. The summed E-state index contributed by atoms with van der Waals surface area (Å²) in [6.07, 6.45) is 2.38. The van der Waals surface area contributed by atoms with Gasteiger partial charge in [0.2, 0.25) is 0 Å². The fourth-order valence-corrected chi connectivity index (χ4v) is 2.06. The lowest BCUT2D eigenvalue weighted by Gasteiger charge is -2.06. The van der Waals surface area contributed by atoms with E-state index in [2.05, 4.69) is 31.2 Å². The van der Waals surface area contributed by atoms with Gasteiger partial charge in [-0.25, -0.2) is 9.97 Å². The Morgan fingerprint density at radius 2 is 2.06 bits per heavy atom. The van der Waals surface area contributed by atoms with Crippen LogP contribution in [-0.4, -0.2) is 16.0 Å². The van der Waals surface area contributed by atoms with E-state index in [9.17, 15) is 0 Å². The average molecular weight is 299 g/mol. The quantitative estimate of drug-likeness (QED) is 0.920. The van der Waals surface area contributed by atoms with E-state index in [1.165, 1.54) is 12.8 Å². The molecule has 1 aliphatic rings. The number of anilines is 1. The number of nitrogens with zero attached hydrogens (tertiary/aromatic N) is 2. The average Bonchev–Trinajstić information content (AvgIpc) is 3.03. The van der Waals surface area contributed by atoms with Crippen molar-refractivity contribution in [2.75, 3.05) is 5.32 Å². The van der Waals surface area contributed by atoms with Crippen molar-refractivity contribution in [1.29, 1.82) is 0 Å². The second kappa shape index (κ2) is 3.86. The highest BCUT2D eigenvalue weighted by atomic mass is 79.9. The van der Waals surface area contributed by atoms with Crippen LogP contribution >= 0.6 is 27.5 Å². The van der Waals surface area contributed by atoms with Crippen LogP contribution in [0.3, 0.4) is 0 Å². The Morgan fingerprint density at radius 1 is 1.25 bits per heavy atom. The smallest absolute Gasteiger partial charge is 0.172 e. The van der Waals surface area contributed by atoms with Crippen LogP contribution in [0.4, 0.5) is 5.82 Å². The third-order valence-electron chi connectivity index (χ3n) is 2.50. The van der Waals surface area contributed by atoms with Crippen LogP contribution in [0.1, 0.15) is 12.8 Å². The van der Waals surface area contributed by atoms with Crippen molar-refractivity contribution in [3.05, 3.63) is 27.8 Å². The van der Waals surface area contributed by atoms with E-state index in [4.69, 9.17) is 11.6 Å². The molecule has 0 saturated heterocycles. The standard InChI is InChI=1S/C11H9BrClN3/c12-6-1-4-8-9(5-6)15-10(13)11(16-8)14-7-2-3-7/h1,4-5,7H,2-3H2,(H,14,16). The minimum atomic E-state index is 0.442. The molecule has 3 rings (SSSR count). The molecule has 1 aliphatic carbocycles. The monoisotopic (exact) mass is 297 g/mol. The first-order valence-electron chi connectivity index (χ1n) is 5.12. The maximum Gasteiger partial charge on any atom is 0.172 e. The van der Waals surface area contributed by atoms with Crippen LogP contribution in [0.25, 0.3) is 11.0 Å². The molecule has 0 bridgehead atoms. The maximum absolute atomic E-state index is 6.08. The van der Waals surface area contributed by atoms with Crippen LogP contribution in [0.15, 0.2) is 22.7 Å². The van der Waals surface area contributed by atoms with Crippen LogP contribution in [-0.2, 0) is 0 Å². The minimum absolute atomic E-state index is 0.442. The highest BCUT2D eigenvalue weighted by Crippen LogP contribution is 2.29. The summed E-state index contributed by atoms with van der Waals surface area (Å²) in [5, 5.41) is 3.72. The van der Waals surface area contributed by atoms with Gasteiger partial charge in [-0.2, -0.15) is 0 Å². The summed E-state index contributed by atoms with van der Waals surface area (Å²) >= 11 is 9.48. The van der Waals surface area contributed by atoms with Crippen molar-refractivity contribution < 1.29 is 0 Å². The second-order valence-corrected chi connectivity index (χ2v) is 5.19. The third kappa shape index (κ3) is 1.99. The van der Waals surface area contributed by atoms with Gasteiger partial charge in [-0.15, -0.1) is 0 Å². The lowest BCUT2D eigenvalue weighted by atomic mass is 10.3. The van der Waals surface area contributed by atoms with E-state index in [0.717, 1.165) is 15.5 Å². The summed E-state index contributed by atoms with van der Waals surface area (Å²) < 4.78 is 0.980. The minimum Gasteiger partial charge on any atom is -0.365 e. The normalized spacial score (nSPS) is 15.4. The predicted octanol–water partition coefficient (Wildman–Crippen LogP) is 3.62. The Hall–Kier alpha value is -0.870. The molecule has 82 valence electrons. The van der Waals surface area contributed by atoms with E-state index in [0.29, 0.717) is 17.0 Å². The van der Waals surface area contributed by atoms with Gasteiger partial charge >= 0.3 is 0 Å². The molecule has 1 N–H and O–H groups in total. The van der Waals surface area contributed by atoms with Gasteiger partial charge in [0.15, 0.2) is 11.0 Å². The second-order valence-electron chi connectivity index (χ2n) is 3.91. The molecule has 1 aromatic carbocycles. The first kappa shape index (κ1) is 10.3. The van der Waals surface area contributed by atoms with Crippen molar-refractivity contribution in [1.82, 2.24) is 9.97 Å². The number of fused-ring (bicyclic) bond motifs is 1. The fourth-order valence-electron chi connectivity index (χ4n) is 1.52. The van der Waals surface area contributed by atoms with Gasteiger partial charge in [0.1, 0.15) is 0 Å². The molecule has 1 aromatic heterocycles. The number of rotatable bonds is 2. The zero-order valence-corrected chi connectivity index (χ0v) is 10.7. The molecule has 0 aliphatic heterocycles. The van der Waals surface area contributed by atoms with Gasteiger partial charge < -0.3 is 5.32 Å². The molecule has 1 heterocycles. The van der Waals surface area contributed by atoms with Crippen molar-refractivity contribution in [3.8, 4) is 0 Å². The molecule has 0 amide bonds. The molecule has 0 atom stereocenters. The Labute approximate surface area is 106 Å². The van der Waals surface area contributed by atoms with Crippen molar-refractivity contribution >= 4 is 44.4 Å². The van der Waals surface area contributed by atoms with E-state index in [1.54, 1.807) is 0 Å². The lowest BCUT2D eigenvalue weighted by Crippen LogP contribution is -2.04. The summed E-state index contributed by atoms with van der Waals surface area (Å²) in [6.45, 7) is 0. The maximum atomic E-state index is 6.08. The molecular formula is C11H9BrClN3. The Morgan fingerprint density at radius 3 is 2.81 bits per heavy atom. The molecule has 0 spiro atoms. The van der Waals surface area contributed by atoms with E-state index >= 15 is 0 Å². The molecule has 5 heteroatoms. The topological polar surface area (TPSA) is 37.8 Å². The van der Waals surface area contributed by atoms with E-state index in [1.807, 2.05) is 18.2 Å². The number of benzene rings is 1. The largest absolute Gasteiger partial charge is 0.365 e. The third-order valence-corrected chi connectivity index (χ3v) is 3.26. The van der Waals surface area contributed by atoms with E-state index in [-0.39, 0.29) is 0 Å². The summed E-state index contributed by atoms with van der Waals surface area (Å²) in [4.78, 5) is 8.80. The van der Waals surface area contributed by atoms with Gasteiger partial charge in [-0.3, -0.25) is 0 Å². The van der Waals surface area contributed by atoms with Gasteiger partial charge in [-0.1, -0.05) is 27.5 Å². The lowest BCUT2D eigenvalue weighted by molar-refractivity contribution is 1.11. The van der Waals surface area contributed by atoms with Crippen molar-refractivity contribution in [3.63, 3.8) is 0 Å². The van der Waals surface area contributed by atoms with Crippen LogP contribution in [0, 0.1) is 0 Å².